The van der Waals surface area contributed by atoms with E-state index >= 15 is 0 Å². The molecule has 3 rings (SSSR count). The van der Waals surface area contributed by atoms with Gasteiger partial charge in [-0.3, -0.25) is 14.6 Å². The molecule has 28 heavy (non-hydrogen) atoms. The Balaban J connectivity index is 1.34. The molecule has 0 aromatic heterocycles. The topological polar surface area (TPSA) is 44.8 Å². The predicted octanol–water partition coefficient (Wildman–Crippen LogP) is 3.25. The monoisotopic (exact) mass is 409 g/mol. The summed E-state index contributed by atoms with van der Waals surface area (Å²) in [6, 6.07) is 10.6. The van der Waals surface area contributed by atoms with Crippen molar-refractivity contribution in [1.82, 2.24) is 9.80 Å². The van der Waals surface area contributed by atoms with Gasteiger partial charge < -0.3 is 10.1 Å². The molecule has 1 aliphatic rings. The van der Waals surface area contributed by atoms with E-state index in [0.717, 1.165) is 50.6 Å². The van der Waals surface area contributed by atoms with Crippen LogP contribution in [-0.2, 0) is 4.79 Å². The Bertz CT molecular complexity index is 797. The lowest BCUT2D eigenvalue weighted by atomic mass is 10.3. The van der Waals surface area contributed by atoms with E-state index in [9.17, 15) is 13.6 Å². The molecule has 0 radical (unpaired) electrons. The third-order valence-corrected chi connectivity index (χ3v) is 4.78. The standard InChI is InChI=1S/C20H22ClF2N3O2/c21-15-1-4-17(5-2-15)28-12-11-25-7-9-26(10-8-25)14-20(27)24-16-3-6-18(22)19(23)13-16/h1-6,13H,7-12,14H2,(H,24,27). The number of carbonyl (C=O) groups is 1. The van der Waals surface area contributed by atoms with Crippen LogP contribution in [0.5, 0.6) is 5.75 Å². The van der Waals surface area contributed by atoms with Crippen LogP contribution in [0.2, 0.25) is 5.02 Å². The fourth-order valence-corrected chi connectivity index (χ4v) is 3.10. The minimum Gasteiger partial charge on any atom is -0.492 e. The second-order valence-electron chi connectivity index (χ2n) is 6.60. The van der Waals surface area contributed by atoms with Gasteiger partial charge in [-0.1, -0.05) is 11.6 Å². The average Bonchev–Trinajstić information content (AvgIpc) is 2.68. The summed E-state index contributed by atoms with van der Waals surface area (Å²) >= 11 is 5.85. The van der Waals surface area contributed by atoms with Gasteiger partial charge in [0.1, 0.15) is 12.4 Å². The molecule has 0 bridgehead atoms. The fraction of sp³-hybridized carbons (Fsp3) is 0.350. The Morgan fingerprint density at radius 3 is 2.36 bits per heavy atom. The first-order valence-electron chi connectivity index (χ1n) is 9.07. The first kappa shape index (κ1) is 20.5. The molecule has 0 unspecified atom stereocenters. The van der Waals surface area contributed by atoms with Crippen molar-refractivity contribution in [3.05, 3.63) is 59.1 Å². The SMILES string of the molecule is O=C(CN1CCN(CCOc2ccc(Cl)cc2)CC1)Nc1ccc(F)c(F)c1. The lowest BCUT2D eigenvalue weighted by Gasteiger charge is -2.34. The Hall–Kier alpha value is -2.22. The molecule has 2 aromatic carbocycles. The van der Waals surface area contributed by atoms with Crippen LogP contribution in [-0.4, -0.2) is 61.6 Å². The number of ether oxygens (including phenoxy) is 1. The molecular weight excluding hydrogens is 388 g/mol. The van der Waals surface area contributed by atoms with Gasteiger partial charge in [-0.25, -0.2) is 8.78 Å². The first-order valence-corrected chi connectivity index (χ1v) is 9.45. The number of nitrogens with one attached hydrogen (secondary N) is 1. The van der Waals surface area contributed by atoms with E-state index in [4.69, 9.17) is 16.3 Å². The molecular formula is C20H22ClF2N3O2. The van der Waals surface area contributed by atoms with Crippen molar-refractivity contribution in [3.63, 3.8) is 0 Å². The highest BCUT2D eigenvalue weighted by Crippen LogP contribution is 2.16. The smallest absolute Gasteiger partial charge is 0.238 e. The summed E-state index contributed by atoms with van der Waals surface area (Å²) < 4.78 is 31.8. The number of hydrogen-bond acceptors (Lipinski definition) is 4. The highest BCUT2D eigenvalue weighted by Gasteiger charge is 2.19. The third-order valence-electron chi connectivity index (χ3n) is 4.53. The first-order chi connectivity index (χ1) is 13.5. The van der Waals surface area contributed by atoms with Crippen LogP contribution in [0.15, 0.2) is 42.5 Å². The van der Waals surface area contributed by atoms with E-state index < -0.39 is 11.6 Å². The zero-order valence-electron chi connectivity index (χ0n) is 15.3. The molecule has 1 amide bonds. The highest BCUT2D eigenvalue weighted by atomic mass is 35.5. The minimum atomic E-state index is -0.979. The molecule has 8 heteroatoms. The predicted molar refractivity (Wildman–Crippen MR) is 105 cm³/mol. The Kier molecular flexibility index (Phi) is 7.19. The summed E-state index contributed by atoms with van der Waals surface area (Å²) in [5.74, 6) is -1.37. The molecule has 1 N–H and O–H groups in total. The number of rotatable bonds is 7. The number of halogens is 3. The van der Waals surface area contributed by atoms with Crippen molar-refractivity contribution in [1.29, 1.82) is 0 Å². The van der Waals surface area contributed by atoms with E-state index in [1.165, 1.54) is 6.07 Å². The van der Waals surface area contributed by atoms with Gasteiger partial charge >= 0.3 is 0 Å². The second-order valence-corrected chi connectivity index (χ2v) is 7.03. The van der Waals surface area contributed by atoms with Crippen LogP contribution in [0.1, 0.15) is 0 Å². The third kappa shape index (κ3) is 6.15. The molecule has 150 valence electrons. The zero-order valence-corrected chi connectivity index (χ0v) is 16.1. The summed E-state index contributed by atoms with van der Waals surface area (Å²) in [5.41, 5.74) is 0.252. The maximum Gasteiger partial charge on any atom is 0.238 e. The van der Waals surface area contributed by atoms with E-state index in [1.807, 2.05) is 17.0 Å². The Morgan fingerprint density at radius 1 is 1.00 bits per heavy atom. The summed E-state index contributed by atoms with van der Waals surface area (Å²) in [4.78, 5) is 16.4. The van der Waals surface area contributed by atoms with Crippen molar-refractivity contribution in [3.8, 4) is 5.75 Å². The summed E-state index contributed by atoms with van der Waals surface area (Å²) in [6.45, 7) is 4.78. The van der Waals surface area contributed by atoms with Crippen LogP contribution < -0.4 is 10.1 Å². The number of amides is 1. The zero-order chi connectivity index (χ0) is 19.9. The van der Waals surface area contributed by atoms with Crippen molar-refractivity contribution in [2.45, 2.75) is 0 Å². The largest absolute Gasteiger partial charge is 0.492 e. The van der Waals surface area contributed by atoms with Crippen molar-refractivity contribution < 1.29 is 18.3 Å². The van der Waals surface area contributed by atoms with Gasteiger partial charge in [0.15, 0.2) is 11.6 Å². The van der Waals surface area contributed by atoms with Gasteiger partial charge in [0, 0.05) is 49.5 Å². The lowest BCUT2D eigenvalue weighted by molar-refractivity contribution is -0.117. The van der Waals surface area contributed by atoms with Gasteiger partial charge in [-0.05, 0) is 36.4 Å². The van der Waals surface area contributed by atoms with Crippen molar-refractivity contribution >= 4 is 23.2 Å². The Labute approximate surface area is 167 Å². The molecule has 1 saturated heterocycles. The fourth-order valence-electron chi connectivity index (χ4n) is 2.97. The van der Waals surface area contributed by atoms with Gasteiger partial charge in [0.2, 0.25) is 5.91 Å². The lowest BCUT2D eigenvalue weighted by Crippen LogP contribution is -2.49. The van der Waals surface area contributed by atoms with Crippen molar-refractivity contribution in [2.75, 3.05) is 51.2 Å². The highest BCUT2D eigenvalue weighted by molar-refractivity contribution is 6.30. The number of carbonyl (C=O) groups excluding carboxylic acids is 1. The van der Waals surface area contributed by atoms with E-state index in [0.29, 0.717) is 11.6 Å². The second kappa shape index (κ2) is 9.82. The maximum absolute atomic E-state index is 13.2. The molecule has 0 aliphatic carbocycles. The summed E-state index contributed by atoms with van der Waals surface area (Å²) in [7, 11) is 0. The van der Waals surface area contributed by atoms with Gasteiger partial charge in [-0.2, -0.15) is 0 Å². The average molecular weight is 410 g/mol. The van der Waals surface area contributed by atoms with Crippen LogP contribution >= 0.6 is 11.6 Å². The number of nitrogens with zero attached hydrogens (tertiary/aromatic N) is 2. The number of benzene rings is 2. The van der Waals surface area contributed by atoms with E-state index in [2.05, 4.69) is 10.2 Å². The molecule has 2 aromatic rings. The molecule has 0 atom stereocenters. The van der Waals surface area contributed by atoms with E-state index in [1.54, 1.807) is 12.1 Å². The normalized spacial score (nSPS) is 15.4. The summed E-state index contributed by atoms with van der Waals surface area (Å²) in [5, 5.41) is 3.27. The molecule has 0 spiro atoms. The van der Waals surface area contributed by atoms with Crippen molar-refractivity contribution in [2.24, 2.45) is 0 Å². The number of hydrogen-bond donors (Lipinski definition) is 1. The van der Waals surface area contributed by atoms with Crippen LogP contribution in [0.25, 0.3) is 0 Å². The van der Waals surface area contributed by atoms with E-state index in [-0.39, 0.29) is 18.1 Å². The molecule has 0 saturated carbocycles. The van der Waals surface area contributed by atoms with Gasteiger partial charge in [0.25, 0.3) is 0 Å². The van der Waals surface area contributed by atoms with Crippen LogP contribution in [0, 0.1) is 11.6 Å². The minimum absolute atomic E-state index is 0.216. The maximum atomic E-state index is 13.2. The number of piperazine rings is 1. The van der Waals surface area contributed by atoms with Gasteiger partial charge in [-0.15, -0.1) is 0 Å². The van der Waals surface area contributed by atoms with Gasteiger partial charge in [0.05, 0.1) is 6.54 Å². The molecule has 1 heterocycles. The van der Waals surface area contributed by atoms with Crippen LogP contribution in [0.4, 0.5) is 14.5 Å². The Morgan fingerprint density at radius 2 is 1.68 bits per heavy atom. The molecule has 1 aliphatic heterocycles. The summed E-state index contributed by atoms with van der Waals surface area (Å²) in [6.07, 6.45) is 0. The number of anilines is 1. The van der Waals surface area contributed by atoms with Crippen LogP contribution in [0.3, 0.4) is 0 Å². The molecule has 5 nitrogen and oxygen atoms in total. The quantitative estimate of drug-likeness (QED) is 0.762. The molecule has 1 fully saturated rings.